The Morgan fingerprint density at radius 1 is 0.574 bits per heavy atom. The fourth-order valence-corrected chi connectivity index (χ4v) is 3.96. The molecule has 240 valence electrons. The Kier molecular flexibility index (Phi) is 12.3. The van der Waals surface area contributed by atoms with E-state index in [-0.39, 0.29) is 11.5 Å². The third-order valence-corrected chi connectivity index (χ3v) is 6.09. The highest BCUT2D eigenvalue weighted by molar-refractivity contribution is 5.97. The molecule has 12 nitrogen and oxygen atoms in total. The second-order valence-electron chi connectivity index (χ2n) is 9.55. The topological polar surface area (TPSA) is 154 Å². The zero-order chi connectivity index (χ0) is 33.4. The van der Waals surface area contributed by atoms with Gasteiger partial charge in [-0.05, 0) is 85.6 Å². The van der Waals surface area contributed by atoms with E-state index >= 15 is 0 Å². The molecule has 0 atom stereocenters. The van der Waals surface area contributed by atoms with Crippen molar-refractivity contribution in [2.45, 2.75) is 20.3 Å². The molecule has 0 bridgehead atoms. The van der Waals surface area contributed by atoms with E-state index in [0.29, 0.717) is 47.0 Å². The molecule has 0 fully saturated rings. The first-order valence-electron chi connectivity index (χ1n) is 14.6. The minimum Gasteiger partial charge on any atom is -0.490 e. The maximum absolute atomic E-state index is 12.4. The number of hydrazone groups is 2. The molecule has 0 aliphatic heterocycles. The van der Waals surface area contributed by atoms with Crippen molar-refractivity contribution < 1.29 is 38.1 Å². The van der Waals surface area contributed by atoms with Crippen LogP contribution in [0.25, 0.3) is 0 Å². The first-order chi connectivity index (χ1) is 22.9. The molecule has 4 aromatic carbocycles. The summed E-state index contributed by atoms with van der Waals surface area (Å²) >= 11 is 0. The number of nitrogens with zero attached hydrogens (tertiary/aromatic N) is 2. The van der Waals surface area contributed by atoms with E-state index in [4.69, 9.17) is 18.9 Å². The van der Waals surface area contributed by atoms with Crippen molar-refractivity contribution in [2.24, 2.45) is 10.2 Å². The molecular weight excluding hydrogens is 604 g/mol. The van der Waals surface area contributed by atoms with Crippen LogP contribution in [0.3, 0.4) is 0 Å². The summed E-state index contributed by atoms with van der Waals surface area (Å²) < 4.78 is 22.2. The Bertz CT molecular complexity index is 1630. The molecule has 2 amide bonds. The van der Waals surface area contributed by atoms with Gasteiger partial charge in [0.25, 0.3) is 0 Å². The van der Waals surface area contributed by atoms with Crippen LogP contribution in [0.5, 0.6) is 23.0 Å². The Labute approximate surface area is 271 Å². The van der Waals surface area contributed by atoms with Crippen molar-refractivity contribution in [1.82, 2.24) is 10.9 Å². The summed E-state index contributed by atoms with van der Waals surface area (Å²) in [4.78, 5) is 49.3. The van der Waals surface area contributed by atoms with E-state index in [0.717, 1.165) is 0 Å². The Morgan fingerprint density at radius 2 is 0.979 bits per heavy atom. The van der Waals surface area contributed by atoms with Gasteiger partial charge in [-0.1, -0.05) is 36.4 Å². The van der Waals surface area contributed by atoms with E-state index in [1.165, 1.54) is 12.4 Å². The standard InChI is InChI=1S/C35H32N4O8/c1-3-44-30-19-24(15-17-28(30)46-34(42)26-11-7-5-8-12-26)22-36-38-32(40)21-33(41)39-37-23-25-16-18-29(31(20-25)45-4-2)47-35(43)27-13-9-6-10-14-27/h5-20,22-23H,3-4,21H2,1-2H3,(H,38,40)(H,39,41)/b36-22+,37-23+. The minimum atomic E-state index is -0.671. The lowest BCUT2D eigenvalue weighted by Gasteiger charge is -2.11. The maximum atomic E-state index is 12.4. The molecule has 4 rings (SSSR count). The smallest absolute Gasteiger partial charge is 0.343 e. The molecule has 0 saturated heterocycles. The van der Waals surface area contributed by atoms with Crippen LogP contribution in [0.4, 0.5) is 0 Å². The fraction of sp³-hybridized carbons (Fsp3) is 0.143. The average Bonchev–Trinajstić information content (AvgIpc) is 3.08. The lowest BCUT2D eigenvalue weighted by atomic mass is 10.2. The van der Waals surface area contributed by atoms with Crippen molar-refractivity contribution in [2.75, 3.05) is 13.2 Å². The summed E-state index contributed by atoms with van der Waals surface area (Å²) in [6.45, 7) is 4.24. The molecule has 47 heavy (non-hydrogen) atoms. The van der Waals surface area contributed by atoms with Crippen LogP contribution in [-0.4, -0.2) is 49.4 Å². The summed E-state index contributed by atoms with van der Waals surface area (Å²) in [6, 6.07) is 26.7. The molecule has 4 aromatic rings. The number of hydrogen-bond acceptors (Lipinski definition) is 10. The van der Waals surface area contributed by atoms with Crippen LogP contribution in [0.1, 0.15) is 52.1 Å². The van der Waals surface area contributed by atoms with Gasteiger partial charge in [0, 0.05) is 0 Å². The third kappa shape index (κ3) is 10.4. The third-order valence-electron chi connectivity index (χ3n) is 6.09. The largest absolute Gasteiger partial charge is 0.490 e. The van der Waals surface area contributed by atoms with Crippen LogP contribution >= 0.6 is 0 Å². The van der Waals surface area contributed by atoms with Crippen molar-refractivity contribution in [1.29, 1.82) is 0 Å². The maximum Gasteiger partial charge on any atom is 0.343 e. The van der Waals surface area contributed by atoms with Gasteiger partial charge in [0.15, 0.2) is 23.0 Å². The van der Waals surface area contributed by atoms with Gasteiger partial charge in [-0.25, -0.2) is 20.4 Å². The van der Waals surface area contributed by atoms with Gasteiger partial charge in [0.05, 0.1) is 36.8 Å². The van der Waals surface area contributed by atoms with E-state index in [1.54, 1.807) is 111 Å². The predicted molar refractivity (Wildman–Crippen MR) is 174 cm³/mol. The highest BCUT2D eigenvalue weighted by Gasteiger charge is 2.15. The summed E-state index contributed by atoms with van der Waals surface area (Å²) in [5, 5.41) is 7.76. The SMILES string of the molecule is CCOc1cc(/C=N/NC(=O)CC(=O)N/N=C/c2ccc(OC(=O)c3ccccc3)c(OCC)c2)ccc1OC(=O)c1ccccc1. The monoisotopic (exact) mass is 636 g/mol. The van der Waals surface area contributed by atoms with Crippen LogP contribution in [-0.2, 0) is 9.59 Å². The molecule has 0 aromatic heterocycles. The van der Waals surface area contributed by atoms with Gasteiger partial charge >= 0.3 is 11.9 Å². The zero-order valence-corrected chi connectivity index (χ0v) is 25.7. The first kappa shape index (κ1) is 33.6. The molecular formula is C35H32N4O8. The average molecular weight is 637 g/mol. The second-order valence-corrected chi connectivity index (χ2v) is 9.55. The lowest BCUT2D eigenvalue weighted by molar-refractivity contribution is -0.129. The highest BCUT2D eigenvalue weighted by atomic mass is 16.6. The van der Waals surface area contributed by atoms with Crippen molar-refractivity contribution >= 4 is 36.2 Å². The Hall–Kier alpha value is -6.30. The van der Waals surface area contributed by atoms with Crippen molar-refractivity contribution in [3.05, 3.63) is 119 Å². The van der Waals surface area contributed by atoms with Crippen LogP contribution in [0.15, 0.2) is 107 Å². The Balaban J connectivity index is 1.27. The fourth-order valence-electron chi connectivity index (χ4n) is 3.96. The molecule has 0 heterocycles. The molecule has 0 saturated carbocycles. The van der Waals surface area contributed by atoms with Gasteiger partial charge in [-0.15, -0.1) is 0 Å². The molecule has 0 radical (unpaired) electrons. The van der Waals surface area contributed by atoms with E-state index in [2.05, 4.69) is 21.1 Å². The Morgan fingerprint density at radius 3 is 1.36 bits per heavy atom. The summed E-state index contributed by atoms with van der Waals surface area (Å²) in [7, 11) is 0. The number of nitrogens with one attached hydrogen (secondary N) is 2. The normalized spacial score (nSPS) is 10.8. The van der Waals surface area contributed by atoms with Crippen LogP contribution in [0, 0.1) is 0 Å². The molecule has 12 heteroatoms. The quantitative estimate of drug-likeness (QED) is 0.0651. The van der Waals surface area contributed by atoms with Gasteiger partial charge in [-0.3, -0.25) is 9.59 Å². The predicted octanol–water partition coefficient (Wildman–Crippen LogP) is 4.91. The van der Waals surface area contributed by atoms with E-state index in [9.17, 15) is 19.2 Å². The molecule has 0 aliphatic rings. The number of carbonyl (C=O) groups is 4. The molecule has 0 aliphatic carbocycles. The highest BCUT2D eigenvalue weighted by Crippen LogP contribution is 2.30. The summed E-state index contributed by atoms with van der Waals surface area (Å²) in [6.07, 6.45) is 2.18. The number of carbonyl (C=O) groups excluding carboxylic acids is 4. The molecule has 0 unspecified atom stereocenters. The van der Waals surface area contributed by atoms with Crippen LogP contribution in [0.2, 0.25) is 0 Å². The van der Waals surface area contributed by atoms with Gasteiger partial charge in [-0.2, -0.15) is 10.2 Å². The molecule has 0 spiro atoms. The van der Waals surface area contributed by atoms with Crippen LogP contribution < -0.4 is 29.8 Å². The number of esters is 2. The number of rotatable bonds is 14. The minimum absolute atomic E-state index is 0.232. The van der Waals surface area contributed by atoms with Crippen molar-refractivity contribution in [3.8, 4) is 23.0 Å². The van der Waals surface area contributed by atoms with Gasteiger partial charge in [0.2, 0.25) is 11.8 Å². The number of ether oxygens (including phenoxy) is 4. The summed E-state index contributed by atoms with van der Waals surface area (Å²) in [5.74, 6) is -1.30. The van der Waals surface area contributed by atoms with E-state index in [1.807, 2.05) is 0 Å². The van der Waals surface area contributed by atoms with Gasteiger partial charge in [0.1, 0.15) is 6.42 Å². The first-order valence-corrected chi connectivity index (χ1v) is 14.6. The van der Waals surface area contributed by atoms with Crippen molar-refractivity contribution in [3.63, 3.8) is 0 Å². The van der Waals surface area contributed by atoms with Gasteiger partial charge < -0.3 is 18.9 Å². The van der Waals surface area contributed by atoms with E-state index < -0.39 is 30.2 Å². The zero-order valence-electron chi connectivity index (χ0n) is 25.7. The molecule has 2 N–H and O–H groups in total. The number of benzene rings is 4. The number of hydrogen-bond donors (Lipinski definition) is 2. The lowest BCUT2D eigenvalue weighted by Crippen LogP contribution is -2.27. The summed E-state index contributed by atoms with van der Waals surface area (Å²) in [5.41, 5.74) is 6.45. The second kappa shape index (κ2) is 17.3. The number of amides is 2.